The summed E-state index contributed by atoms with van der Waals surface area (Å²) in [5, 5.41) is 24.4. The molecule has 1 aliphatic rings. The van der Waals surface area contributed by atoms with E-state index >= 15 is 0 Å². The van der Waals surface area contributed by atoms with Crippen LogP contribution in [0.4, 0.5) is 5.69 Å². The van der Waals surface area contributed by atoms with Gasteiger partial charge in [0.05, 0.1) is 19.3 Å². The molecule has 1 unspecified atom stereocenters. The fourth-order valence-corrected chi connectivity index (χ4v) is 3.93. The van der Waals surface area contributed by atoms with Crippen molar-refractivity contribution in [2.45, 2.75) is 58.1 Å². The Morgan fingerprint density at radius 3 is 2.75 bits per heavy atom. The van der Waals surface area contributed by atoms with Crippen molar-refractivity contribution < 1.29 is 9.90 Å². The zero-order valence-electron chi connectivity index (χ0n) is 19.4. The van der Waals surface area contributed by atoms with Gasteiger partial charge in [-0.15, -0.1) is 0 Å². The molecule has 1 saturated carbocycles. The van der Waals surface area contributed by atoms with E-state index in [-0.39, 0.29) is 11.8 Å². The number of rotatable bonds is 8. The number of nitrogens with zero attached hydrogens (tertiary/aromatic N) is 3. The quantitative estimate of drug-likeness (QED) is 0.373. The van der Waals surface area contributed by atoms with E-state index < -0.39 is 5.60 Å². The van der Waals surface area contributed by atoms with E-state index in [1.165, 1.54) is 6.42 Å². The molecule has 0 aliphatic heterocycles. The van der Waals surface area contributed by atoms with Crippen molar-refractivity contribution in [3.05, 3.63) is 47.8 Å². The number of hydrogen-bond donors (Lipinski definition) is 4. The number of nitrogens with one attached hydrogen (secondary N) is 3. The van der Waals surface area contributed by atoms with Crippen molar-refractivity contribution in [2.24, 2.45) is 18.0 Å². The van der Waals surface area contributed by atoms with E-state index in [1.54, 1.807) is 24.0 Å². The lowest BCUT2D eigenvalue weighted by molar-refractivity contribution is -0.120. The molecule has 1 heterocycles. The summed E-state index contributed by atoms with van der Waals surface area (Å²) in [6.07, 6.45) is 8.95. The molecule has 8 heteroatoms. The predicted molar refractivity (Wildman–Crippen MR) is 127 cm³/mol. The maximum absolute atomic E-state index is 12.5. The highest BCUT2D eigenvalue weighted by molar-refractivity contribution is 5.92. The van der Waals surface area contributed by atoms with Gasteiger partial charge in [0.2, 0.25) is 5.91 Å². The van der Waals surface area contributed by atoms with E-state index in [1.807, 2.05) is 38.2 Å². The Hall–Kier alpha value is -2.87. The van der Waals surface area contributed by atoms with Crippen LogP contribution < -0.4 is 16.0 Å². The minimum absolute atomic E-state index is 0.123. The van der Waals surface area contributed by atoms with Gasteiger partial charge in [-0.25, -0.2) is 4.99 Å². The molecule has 1 fully saturated rings. The van der Waals surface area contributed by atoms with Crippen molar-refractivity contribution in [3.63, 3.8) is 0 Å². The van der Waals surface area contributed by atoms with E-state index in [9.17, 15) is 9.90 Å². The Kier molecular flexibility index (Phi) is 8.27. The molecule has 2 aromatic rings. The number of amides is 1. The monoisotopic (exact) mass is 440 g/mol. The number of aliphatic hydroxyl groups is 1. The fourth-order valence-electron chi connectivity index (χ4n) is 3.93. The standard InChI is InChI=1S/C24H36N6O2/c1-4-25-23(27-17-24(2,32)20-15-28-30(3)16-20)26-14-18-9-8-12-21(13-18)29-22(31)19-10-6-5-7-11-19/h8-9,12-13,15-16,19,32H,4-7,10-11,14,17H2,1-3H3,(H,29,31)(H2,25,26,27). The summed E-state index contributed by atoms with van der Waals surface area (Å²) < 4.78 is 1.67. The average Bonchev–Trinajstić information content (AvgIpc) is 3.24. The molecule has 1 aromatic heterocycles. The molecular formula is C24H36N6O2. The zero-order chi connectivity index (χ0) is 23.0. The van der Waals surface area contributed by atoms with Gasteiger partial charge < -0.3 is 21.1 Å². The summed E-state index contributed by atoms with van der Waals surface area (Å²) in [5.41, 5.74) is 1.48. The molecule has 1 amide bonds. The van der Waals surface area contributed by atoms with Crippen LogP contribution in [-0.4, -0.2) is 39.8 Å². The molecule has 174 valence electrons. The highest BCUT2D eigenvalue weighted by atomic mass is 16.3. The number of hydrogen-bond acceptors (Lipinski definition) is 4. The van der Waals surface area contributed by atoms with Gasteiger partial charge in [0, 0.05) is 37.0 Å². The number of benzene rings is 1. The third kappa shape index (κ3) is 6.82. The van der Waals surface area contributed by atoms with Crippen LogP contribution in [0.3, 0.4) is 0 Å². The minimum Gasteiger partial charge on any atom is -0.383 e. The Morgan fingerprint density at radius 2 is 2.06 bits per heavy atom. The number of aryl methyl sites for hydroxylation is 1. The van der Waals surface area contributed by atoms with Crippen LogP contribution in [-0.2, 0) is 24.0 Å². The first-order valence-electron chi connectivity index (χ1n) is 11.5. The second kappa shape index (κ2) is 11.1. The average molecular weight is 441 g/mol. The normalized spacial score (nSPS) is 16.9. The first-order valence-corrected chi connectivity index (χ1v) is 11.5. The molecule has 0 spiro atoms. The molecule has 0 bridgehead atoms. The van der Waals surface area contributed by atoms with Gasteiger partial charge in [-0.1, -0.05) is 31.4 Å². The zero-order valence-corrected chi connectivity index (χ0v) is 19.4. The first-order chi connectivity index (χ1) is 15.4. The van der Waals surface area contributed by atoms with Crippen LogP contribution in [0.15, 0.2) is 41.7 Å². The maximum Gasteiger partial charge on any atom is 0.227 e. The number of guanidine groups is 1. The van der Waals surface area contributed by atoms with Crippen molar-refractivity contribution in [2.75, 3.05) is 18.4 Å². The van der Waals surface area contributed by atoms with Crippen molar-refractivity contribution >= 4 is 17.6 Å². The number of anilines is 1. The summed E-state index contributed by atoms with van der Waals surface area (Å²) in [7, 11) is 1.82. The molecule has 8 nitrogen and oxygen atoms in total. The van der Waals surface area contributed by atoms with Crippen LogP contribution >= 0.6 is 0 Å². The summed E-state index contributed by atoms with van der Waals surface area (Å²) in [6, 6.07) is 7.83. The Morgan fingerprint density at radius 1 is 1.28 bits per heavy atom. The smallest absolute Gasteiger partial charge is 0.227 e. The molecule has 4 N–H and O–H groups in total. The predicted octanol–water partition coefficient (Wildman–Crippen LogP) is 2.90. The summed E-state index contributed by atoms with van der Waals surface area (Å²) >= 11 is 0. The van der Waals surface area contributed by atoms with Gasteiger partial charge in [0.1, 0.15) is 5.60 Å². The van der Waals surface area contributed by atoms with E-state index in [0.29, 0.717) is 25.6 Å². The largest absolute Gasteiger partial charge is 0.383 e. The fraction of sp³-hybridized carbons (Fsp3) is 0.542. The molecule has 0 radical (unpaired) electrons. The lowest BCUT2D eigenvalue weighted by atomic mass is 9.88. The molecule has 1 aromatic carbocycles. The van der Waals surface area contributed by atoms with E-state index in [4.69, 9.17) is 0 Å². The molecule has 1 aliphatic carbocycles. The van der Waals surface area contributed by atoms with Crippen molar-refractivity contribution in [1.29, 1.82) is 0 Å². The second-order valence-electron chi connectivity index (χ2n) is 8.75. The van der Waals surface area contributed by atoms with Gasteiger partial charge in [0.25, 0.3) is 0 Å². The van der Waals surface area contributed by atoms with Crippen LogP contribution in [0, 0.1) is 5.92 Å². The van der Waals surface area contributed by atoms with Gasteiger partial charge >= 0.3 is 0 Å². The molecule has 0 saturated heterocycles. The topological polar surface area (TPSA) is 104 Å². The Balaban J connectivity index is 1.59. The van der Waals surface area contributed by atoms with Crippen molar-refractivity contribution in [1.82, 2.24) is 20.4 Å². The number of carbonyl (C=O) groups is 1. The maximum atomic E-state index is 12.5. The van der Waals surface area contributed by atoms with Gasteiger partial charge in [0.15, 0.2) is 5.96 Å². The summed E-state index contributed by atoms with van der Waals surface area (Å²) in [5.74, 6) is 0.869. The lowest BCUT2D eigenvalue weighted by Crippen LogP contribution is -2.44. The first kappa shape index (κ1) is 23.8. The van der Waals surface area contributed by atoms with E-state index in [0.717, 1.165) is 42.5 Å². The third-order valence-electron chi connectivity index (χ3n) is 5.86. The second-order valence-corrected chi connectivity index (χ2v) is 8.75. The molecule has 3 rings (SSSR count). The summed E-state index contributed by atoms with van der Waals surface area (Å²) in [6.45, 7) is 5.20. The highest BCUT2D eigenvalue weighted by Crippen LogP contribution is 2.25. The van der Waals surface area contributed by atoms with E-state index in [2.05, 4.69) is 26.0 Å². The summed E-state index contributed by atoms with van der Waals surface area (Å²) in [4.78, 5) is 17.2. The Bertz CT molecular complexity index is 915. The molecule has 1 atom stereocenters. The van der Waals surface area contributed by atoms with Gasteiger partial charge in [-0.3, -0.25) is 9.48 Å². The lowest BCUT2D eigenvalue weighted by Gasteiger charge is -2.23. The number of carbonyl (C=O) groups excluding carboxylic acids is 1. The van der Waals surface area contributed by atoms with Crippen LogP contribution in [0.1, 0.15) is 57.1 Å². The molecular weight excluding hydrogens is 404 g/mol. The molecule has 32 heavy (non-hydrogen) atoms. The third-order valence-corrected chi connectivity index (χ3v) is 5.86. The Labute approximate surface area is 190 Å². The number of aromatic nitrogens is 2. The van der Waals surface area contributed by atoms with Gasteiger partial charge in [-0.05, 0) is 44.4 Å². The number of aliphatic imine (C=N–C) groups is 1. The van der Waals surface area contributed by atoms with Crippen LogP contribution in [0.25, 0.3) is 0 Å². The van der Waals surface area contributed by atoms with Crippen LogP contribution in [0.5, 0.6) is 0 Å². The van der Waals surface area contributed by atoms with Crippen molar-refractivity contribution in [3.8, 4) is 0 Å². The minimum atomic E-state index is -1.08. The van der Waals surface area contributed by atoms with Gasteiger partial charge in [-0.2, -0.15) is 5.10 Å². The SMILES string of the molecule is CCNC(=NCc1cccc(NC(=O)C2CCCCC2)c1)NCC(C)(O)c1cnn(C)c1. The van der Waals surface area contributed by atoms with Crippen LogP contribution in [0.2, 0.25) is 0 Å². The highest BCUT2D eigenvalue weighted by Gasteiger charge is 2.25.